The summed E-state index contributed by atoms with van der Waals surface area (Å²) in [6.07, 6.45) is 9.85. The van der Waals surface area contributed by atoms with E-state index >= 15 is 0 Å². The number of benzene rings is 5. The zero-order valence-electron chi connectivity index (χ0n) is 25.6. The molecule has 3 aromatic heterocycles. The molecule has 4 heterocycles. The van der Waals surface area contributed by atoms with E-state index in [2.05, 4.69) is 89.9 Å². The van der Waals surface area contributed by atoms with Gasteiger partial charge in [0, 0.05) is 39.9 Å². The molecule has 2 atom stereocenters. The fourth-order valence-electron chi connectivity index (χ4n) is 7.14. The van der Waals surface area contributed by atoms with Gasteiger partial charge in [0.25, 0.3) is 0 Å². The monoisotopic (exact) mass is 618 g/mol. The van der Waals surface area contributed by atoms with E-state index in [0.29, 0.717) is 17.5 Å². The highest BCUT2D eigenvalue weighted by molar-refractivity contribution is 6.11. The molecule has 10 rings (SSSR count). The molecule has 5 aromatic carbocycles. The molecular weight excluding hydrogens is 592 g/mol. The second-order valence-corrected chi connectivity index (χ2v) is 12.2. The van der Waals surface area contributed by atoms with Gasteiger partial charge in [0.05, 0.1) is 11.8 Å². The minimum absolute atomic E-state index is 0.0305. The first-order chi connectivity index (χ1) is 23.8. The molecule has 8 aromatic rings. The number of hydrogen-bond donors (Lipinski definition) is 0. The quantitative estimate of drug-likeness (QED) is 0.195. The predicted molar refractivity (Wildman–Crippen MR) is 188 cm³/mol. The number of nitrogens with zero attached hydrogens (tertiary/aromatic N) is 4. The molecule has 1 aliphatic carbocycles. The molecule has 0 fully saturated rings. The summed E-state index contributed by atoms with van der Waals surface area (Å²) in [5, 5.41) is 4.13. The Bertz CT molecular complexity index is 2620. The molecule has 226 valence electrons. The van der Waals surface area contributed by atoms with Crippen LogP contribution < -0.4 is 4.74 Å². The van der Waals surface area contributed by atoms with Crippen molar-refractivity contribution in [1.82, 2.24) is 19.9 Å². The van der Waals surface area contributed by atoms with Crippen molar-refractivity contribution in [2.45, 2.75) is 11.8 Å². The van der Waals surface area contributed by atoms with Gasteiger partial charge in [-0.1, -0.05) is 97.1 Å². The van der Waals surface area contributed by atoms with Crippen molar-refractivity contribution in [1.29, 1.82) is 0 Å². The number of para-hydroxylation sites is 1. The lowest BCUT2D eigenvalue weighted by Crippen LogP contribution is -2.16. The molecule has 0 amide bonds. The molecule has 0 saturated carbocycles. The Balaban J connectivity index is 1.16. The van der Waals surface area contributed by atoms with Gasteiger partial charge in [0.1, 0.15) is 28.5 Å². The highest BCUT2D eigenvalue weighted by Crippen LogP contribution is 2.50. The van der Waals surface area contributed by atoms with Crippen LogP contribution in [-0.4, -0.2) is 19.9 Å². The smallest absolute Gasteiger partial charge is 0.164 e. The van der Waals surface area contributed by atoms with E-state index in [1.165, 1.54) is 11.1 Å². The number of fused-ring (bicyclic) bond motifs is 7. The highest BCUT2D eigenvalue weighted by Gasteiger charge is 2.38. The maximum absolute atomic E-state index is 6.30. The van der Waals surface area contributed by atoms with Crippen LogP contribution in [-0.2, 0) is 0 Å². The van der Waals surface area contributed by atoms with Crippen LogP contribution in [0.3, 0.4) is 0 Å². The number of allylic oxidation sites excluding steroid dienone is 4. The maximum Gasteiger partial charge on any atom is 0.164 e. The second kappa shape index (κ2) is 10.6. The summed E-state index contributed by atoms with van der Waals surface area (Å²) in [5.41, 5.74) is 6.84. The largest absolute Gasteiger partial charge is 0.461 e. The summed E-state index contributed by atoms with van der Waals surface area (Å²) in [5.74, 6) is 3.49. The van der Waals surface area contributed by atoms with Crippen molar-refractivity contribution >= 4 is 32.7 Å². The normalized spacial score (nSPS) is 16.5. The van der Waals surface area contributed by atoms with Gasteiger partial charge in [-0.05, 0) is 58.3 Å². The van der Waals surface area contributed by atoms with E-state index in [9.17, 15) is 0 Å². The van der Waals surface area contributed by atoms with Gasteiger partial charge in [0.2, 0.25) is 0 Å². The molecule has 2 aliphatic rings. The van der Waals surface area contributed by atoms with Gasteiger partial charge in [-0.3, -0.25) is 4.98 Å². The SMILES string of the molecule is C1=CC(c2nc(-c3ccc4cc(-c5ccccc5)ccc4c3)nc(-c3cccc4oc5ccncc5c34)n2)C2C(=C1)Oc1ccccc12. The second-order valence-electron chi connectivity index (χ2n) is 12.2. The van der Waals surface area contributed by atoms with Crippen LogP contribution >= 0.6 is 0 Å². The van der Waals surface area contributed by atoms with E-state index < -0.39 is 0 Å². The third-order valence-electron chi connectivity index (χ3n) is 9.42. The molecule has 6 heteroatoms. The number of ether oxygens (including phenoxy) is 1. The Hall–Kier alpha value is -6.40. The van der Waals surface area contributed by atoms with Gasteiger partial charge in [-0.25, -0.2) is 15.0 Å². The van der Waals surface area contributed by atoms with Gasteiger partial charge >= 0.3 is 0 Å². The van der Waals surface area contributed by atoms with Gasteiger partial charge in [-0.15, -0.1) is 0 Å². The number of rotatable bonds is 4. The summed E-state index contributed by atoms with van der Waals surface area (Å²) in [6, 6.07) is 39.6. The molecule has 0 radical (unpaired) electrons. The third kappa shape index (κ3) is 4.27. The summed E-state index contributed by atoms with van der Waals surface area (Å²) in [4.78, 5) is 20.0. The van der Waals surface area contributed by atoms with E-state index in [1.54, 1.807) is 6.20 Å². The Morgan fingerprint density at radius 2 is 1.44 bits per heavy atom. The zero-order valence-corrected chi connectivity index (χ0v) is 25.6. The molecular formula is C42H26N4O2. The average molecular weight is 619 g/mol. The Kier molecular flexibility index (Phi) is 5.90. The van der Waals surface area contributed by atoms with Crippen LogP contribution in [0, 0.1) is 0 Å². The summed E-state index contributed by atoms with van der Waals surface area (Å²) in [7, 11) is 0. The van der Waals surface area contributed by atoms with E-state index in [4.69, 9.17) is 24.1 Å². The van der Waals surface area contributed by atoms with Crippen molar-refractivity contribution in [2.75, 3.05) is 0 Å². The Morgan fingerprint density at radius 1 is 0.625 bits per heavy atom. The minimum atomic E-state index is -0.148. The molecule has 6 nitrogen and oxygen atoms in total. The van der Waals surface area contributed by atoms with Gasteiger partial charge < -0.3 is 9.15 Å². The van der Waals surface area contributed by atoms with Crippen LogP contribution in [0.5, 0.6) is 5.75 Å². The minimum Gasteiger partial charge on any atom is -0.461 e. The molecule has 0 spiro atoms. The first-order valence-corrected chi connectivity index (χ1v) is 16.0. The summed E-state index contributed by atoms with van der Waals surface area (Å²) < 4.78 is 12.5. The fraction of sp³-hybridized carbons (Fsp3) is 0.0476. The first-order valence-electron chi connectivity index (χ1n) is 16.0. The lowest BCUT2D eigenvalue weighted by Gasteiger charge is -2.23. The summed E-state index contributed by atoms with van der Waals surface area (Å²) >= 11 is 0. The Labute approximate surface area is 275 Å². The number of furan rings is 1. The average Bonchev–Trinajstić information content (AvgIpc) is 3.73. The third-order valence-corrected chi connectivity index (χ3v) is 9.42. The molecule has 1 aliphatic heterocycles. The highest BCUT2D eigenvalue weighted by atomic mass is 16.5. The number of pyridine rings is 1. The predicted octanol–water partition coefficient (Wildman–Crippen LogP) is 10.0. The topological polar surface area (TPSA) is 73.9 Å². The van der Waals surface area contributed by atoms with E-state index in [-0.39, 0.29) is 11.8 Å². The van der Waals surface area contributed by atoms with Crippen LogP contribution in [0.4, 0.5) is 0 Å². The van der Waals surface area contributed by atoms with Crippen molar-refractivity contribution in [3.05, 3.63) is 163 Å². The van der Waals surface area contributed by atoms with E-state index in [0.717, 1.165) is 60.9 Å². The molecule has 0 N–H and O–H groups in total. The first kappa shape index (κ1) is 26.8. The number of aromatic nitrogens is 4. The van der Waals surface area contributed by atoms with Crippen molar-refractivity contribution in [3.63, 3.8) is 0 Å². The maximum atomic E-state index is 6.30. The Morgan fingerprint density at radius 3 is 2.35 bits per heavy atom. The molecule has 0 saturated heterocycles. The molecule has 0 bridgehead atoms. The lowest BCUT2D eigenvalue weighted by molar-refractivity contribution is 0.414. The number of hydrogen-bond acceptors (Lipinski definition) is 6. The van der Waals surface area contributed by atoms with Crippen molar-refractivity contribution in [3.8, 4) is 39.7 Å². The van der Waals surface area contributed by atoms with Gasteiger partial charge in [0.15, 0.2) is 11.6 Å². The van der Waals surface area contributed by atoms with E-state index in [1.807, 2.05) is 54.7 Å². The van der Waals surface area contributed by atoms with Crippen LogP contribution in [0.2, 0.25) is 0 Å². The van der Waals surface area contributed by atoms with Crippen LogP contribution in [0.15, 0.2) is 156 Å². The van der Waals surface area contributed by atoms with Crippen molar-refractivity contribution in [2.24, 2.45) is 0 Å². The van der Waals surface area contributed by atoms with Crippen LogP contribution in [0.25, 0.3) is 66.6 Å². The summed E-state index contributed by atoms with van der Waals surface area (Å²) in [6.45, 7) is 0. The lowest BCUT2D eigenvalue weighted by atomic mass is 9.82. The van der Waals surface area contributed by atoms with Gasteiger partial charge in [-0.2, -0.15) is 0 Å². The van der Waals surface area contributed by atoms with Crippen molar-refractivity contribution < 1.29 is 9.15 Å². The van der Waals surface area contributed by atoms with Crippen LogP contribution in [0.1, 0.15) is 23.2 Å². The molecule has 2 unspecified atom stereocenters. The standard InChI is InChI=1S/C42H26N4O2/c1-2-8-25(9-3-1)26-16-17-28-23-29(19-18-27(28)22-26)40-44-41(31-11-6-14-36-38(31)30-10-4-5-13-34(30)47-36)46-42(45-40)32-12-7-15-37-39(32)33-24-43-21-20-35(33)48-37/h1-24,31,38H. The fourth-order valence-corrected chi connectivity index (χ4v) is 7.14. The zero-order chi connectivity index (χ0) is 31.6. The molecule has 48 heavy (non-hydrogen) atoms.